The van der Waals surface area contributed by atoms with Crippen molar-refractivity contribution in [1.82, 2.24) is 10.2 Å². The predicted molar refractivity (Wildman–Crippen MR) is 112 cm³/mol. The summed E-state index contributed by atoms with van der Waals surface area (Å²) in [6, 6.07) is 8.57. The first-order valence-corrected chi connectivity index (χ1v) is 11.0. The fraction of sp³-hybridized carbons (Fsp3) is 0. The van der Waals surface area contributed by atoms with Crippen LogP contribution in [0.1, 0.15) is 10.4 Å². The Bertz CT molecular complexity index is 1150. The molecule has 0 fully saturated rings. The first-order chi connectivity index (χ1) is 13.1. The van der Waals surface area contributed by atoms with E-state index in [2.05, 4.69) is 20.2 Å². The van der Waals surface area contributed by atoms with E-state index < -0.39 is 15.9 Å². The quantitative estimate of drug-likeness (QED) is 0.471. The number of nitrogens with one attached hydrogen (secondary N) is 2. The smallest absolute Gasteiger partial charge is 0.291 e. The Morgan fingerprint density at radius 3 is 2.25 bits per heavy atom. The molecule has 0 saturated carbocycles. The number of nitrogens with zero attached hydrogens (tertiary/aromatic N) is 2. The molecule has 2 N–H and O–H groups in total. The first kappa shape index (κ1) is 21.1. The van der Waals surface area contributed by atoms with Gasteiger partial charge in [0.25, 0.3) is 20.3 Å². The zero-order chi connectivity index (χ0) is 20.5. The van der Waals surface area contributed by atoms with Crippen molar-refractivity contribution in [2.24, 2.45) is 0 Å². The van der Waals surface area contributed by atoms with Crippen LogP contribution in [-0.4, -0.2) is 24.5 Å². The molecule has 2 aromatic carbocycles. The van der Waals surface area contributed by atoms with Crippen LogP contribution in [0.25, 0.3) is 0 Å². The van der Waals surface area contributed by atoms with Gasteiger partial charge < -0.3 is 0 Å². The summed E-state index contributed by atoms with van der Waals surface area (Å²) in [7, 11) is -4.06. The van der Waals surface area contributed by atoms with Gasteiger partial charge in [-0.25, -0.2) is 0 Å². The molecule has 0 atom stereocenters. The van der Waals surface area contributed by atoms with Crippen molar-refractivity contribution < 1.29 is 13.2 Å². The number of hydrogen-bond acceptors (Lipinski definition) is 6. The van der Waals surface area contributed by atoms with Gasteiger partial charge in [0, 0.05) is 15.1 Å². The number of anilines is 2. The predicted octanol–water partition coefficient (Wildman–Crippen LogP) is 5.20. The van der Waals surface area contributed by atoms with Gasteiger partial charge in [-0.3, -0.25) is 14.8 Å². The molecule has 0 saturated heterocycles. The maximum absolute atomic E-state index is 12.4. The minimum absolute atomic E-state index is 0.0273. The Morgan fingerprint density at radius 2 is 1.61 bits per heavy atom. The van der Waals surface area contributed by atoms with Crippen molar-refractivity contribution in [3.8, 4) is 0 Å². The molecule has 0 spiro atoms. The zero-order valence-corrected chi connectivity index (χ0v) is 18.1. The Kier molecular flexibility index (Phi) is 6.33. The summed E-state index contributed by atoms with van der Waals surface area (Å²) in [5.74, 6) is -0.587. The van der Waals surface area contributed by atoms with Gasteiger partial charge in [0.2, 0.25) is 5.13 Å². The monoisotopic (exact) mass is 496 g/mol. The van der Waals surface area contributed by atoms with Crippen LogP contribution in [0.15, 0.2) is 40.7 Å². The number of hydrogen-bond donors (Lipinski definition) is 2. The molecule has 3 aromatic rings. The Labute approximate surface area is 183 Å². The lowest BCUT2D eigenvalue weighted by molar-refractivity contribution is 0.102. The molecule has 0 bridgehead atoms. The van der Waals surface area contributed by atoms with Crippen molar-refractivity contribution >= 4 is 84.5 Å². The molecular formula is C15H8Cl4N4O3S2. The standard InChI is InChI=1S/C15H8Cl4N4O3S2/c16-7-1-2-11(12(19)6-7)13(24)20-14-21-22-15(27-14)28(25,26)23-10-4-8(17)3-9(18)5-10/h1-6,23H,(H,20,21,24). The van der Waals surface area contributed by atoms with E-state index in [1.165, 1.54) is 36.4 Å². The molecular weight excluding hydrogens is 490 g/mol. The first-order valence-electron chi connectivity index (χ1n) is 7.23. The summed E-state index contributed by atoms with van der Waals surface area (Å²) >= 11 is 24.1. The van der Waals surface area contributed by atoms with E-state index in [9.17, 15) is 13.2 Å². The lowest BCUT2D eigenvalue weighted by Gasteiger charge is -2.06. The highest BCUT2D eigenvalue weighted by Crippen LogP contribution is 2.27. The van der Waals surface area contributed by atoms with Crippen LogP contribution >= 0.6 is 57.7 Å². The molecule has 28 heavy (non-hydrogen) atoms. The number of halogens is 4. The molecule has 7 nitrogen and oxygen atoms in total. The molecule has 1 amide bonds. The Morgan fingerprint density at radius 1 is 0.929 bits per heavy atom. The summed E-state index contributed by atoms with van der Waals surface area (Å²) in [6.45, 7) is 0. The normalized spacial score (nSPS) is 11.3. The van der Waals surface area contributed by atoms with E-state index in [-0.39, 0.29) is 35.8 Å². The number of amides is 1. The fourth-order valence-electron chi connectivity index (χ4n) is 2.02. The summed E-state index contributed by atoms with van der Waals surface area (Å²) in [4.78, 5) is 12.3. The molecule has 0 aliphatic rings. The second-order valence-electron chi connectivity index (χ2n) is 5.22. The van der Waals surface area contributed by atoms with Crippen LogP contribution in [0.5, 0.6) is 0 Å². The zero-order valence-electron chi connectivity index (χ0n) is 13.4. The number of sulfonamides is 1. The summed E-state index contributed by atoms with van der Waals surface area (Å²) < 4.78 is 26.8. The number of aromatic nitrogens is 2. The second-order valence-corrected chi connectivity index (χ2v) is 9.77. The molecule has 0 unspecified atom stereocenters. The average molecular weight is 498 g/mol. The van der Waals surface area contributed by atoms with E-state index in [0.717, 1.165) is 0 Å². The van der Waals surface area contributed by atoms with Crippen LogP contribution in [0.4, 0.5) is 10.8 Å². The third-order valence-electron chi connectivity index (χ3n) is 3.15. The van der Waals surface area contributed by atoms with Gasteiger partial charge in [0.15, 0.2) is 0 Å². The van der Waals surface area contributed by atoms with Gasteiger partial charge in [0.05, 0.1) is 16.3 Å². The molecule has 1 heterocycles. The lowest BCUT2D eigenvalue weighted by atomic mass is 10.2. The number of carbonyl (C=O) groups excluding carboxylic acids is 1. The van der Waals surface area contributed by atoms with E-state index in [1.54, 1.807) is 0 Å². The largest absolute Gasteiger partial charge is 0.296 e. The molecule has 0 aliphatic heterocycles. The third kappa shape index (κ3) is 5.05. The number of rotatable bonds is 5. The lowest BCUT2D eigenvalue weighted by Crippen LogP contribution is -2.12. The maximum Gasteiger partial charge on any atom is 0.291 e. The average Bonchev–Trinajstić information content (AvgIpc) is 3.02. The van der Waals surface area contributed by atoms with E-state index in [0.29, 0.717) is 16.4 Å². The van der Waals surface area contributed by atoms with Crippen LogP contribution < -0.4 is 10.0 Å². The fourth-order valence-corrected chi connectivity index (χ4v) is 4.98. The third-order valence-corrected chi connectivity index (χ3v) is 6.72. The number of carbonyl (C=O) groups is 1. The SMILES string of the molecule is O=C(Nc1nnc(S(=O)(=O)Nc2cc(Cl)cc(Cl)c2)s1)c1ccc(Cl)cc1Cl. The van der Waals surface area contributed by atoms with Crippen molar-refractivity contribution in [1.29, 1.82) is 0 Å². The maximum atomic E-state index is 12.4. The highest BCUT2D eigenvalue weighted by Gasteiger charge is 2.22. The van der Waals surface area contributed by atoms with Crippen LogP contribution in [0, 0.1) is 0 Å². The van der Waals surface area contributed by atoms with Crippen molar-refractivity contribution in [2.75, 3.05) is 10.0 Å². The van der Waals surface area contributed by atoms with Gasteiger partial charge in [-0.1, -0.05) is 57.7 Å². The van der Waals surface area contributed by atoms with Crippen LogP contribution in [-0.2, 0) is 10.0 Å². The van der Waals surface area contributed by atoms with Gasteiger partial charge in [-0.2, -0.15) is 8.42 Å². The summed E-state index contributed by atoms with van der Waals surface area (Å²) in [5, 5.41) is 10.7. The molecule has 1 aromatic heterocycles. The number of benzene rings is 2. The van der Waals surface area contributed by atoms with Gasteiger partial charge >= 0.3 is 0 Å². The topological polar surface area (TPSA) is 101 Å². The molecule has 146 valence electrons. The van der Waals surface area contributed by atoms with E-state index in [4.69, 9.17) is 46.4 Å². The minimum Gasteiger partial charge on any atom is -0.296 e. The van der Waals surface area contributed by atoms with Gasteiger partial charge in [-0.15, -0.1) is 10.2 Å². The Balaban J connectivity index is 1.78. The van der Waals surface area contributed by atoms with Gasteiger partial charge in [-0.05, 0) is 36.4 Å². The summed E-state index contributed by atoms with van der Waals surface area (Å²) in [6.07, 6.45) is 0. The van der Waals surface area contributed by atoms with Crippen molar-refractivity contribution in [3.63, 3.8) is 0 Å². The van der Waals surface area contributed by atoms with Crippen molar-refractivity contribution in [2.45, 2.75) is 4.34 Å². The highest BCUT2D eigenvalue weighted by atomic mass is 35.5. The van der Waals surface area contributed by atoms with Crippen LogP contribution in [0.3, 0.4) is 0 Å². The van der Waals surface area contributed by atoms with Gasteiger partial charge in [0.1, 0.15) is 0 Å². The van der Waals surface area contributed by atoms with E-state index in [1.807, 2.05) is 0 Å². The Hall–Kier alpha value is -1.62. The molecule has 0 aliphatic carbocycles. The second kappa shape index (κ2) is 8.40. The minimum atomic E-state index is -4.06. The van der Waals surface area contributed by atoms with Crippen LogP contribution in [0.2, 0.25) is 20.1 Å². The van der Waals surface area contributed by atoms with Crippen molar-refractivity contribution in [3.05, 3.63) is 62.1 Å². The molecule has 0 radical (unpaired) electrons. The summed E-state index contributed by atoms with van der Waals surface area (Å²) in [5.41, 5.74) is 0.309. The molecule has 13 heteroatoms. The highest BCUT2D eigenvalue weighted by molar-refractivity contribution is 7.94. The van der Waals surface area contributed by atoms with E-state index >= 15 is 0 Å². The molecule has 3 rings (SSSR count).